The molecule has 1 unspecified atom stereocenters. The van der Waals surface area contributed by atoms with E-state index >= 15 is 0 Å². The Hall–Kier alpha value is -1.06. The van der Waals surface area contributed by atoms with Gasteiger partial charge >= 0.3 is 6.03 Å². The van der Waals surface area contributed by atoms with Gasteiger partial charge in [-0.15, -0.1) is 0 Å². The van der Waals surface area contributed by atoms with E-state index in [0.717, 1.165) is 12.8 Å². The number of nitrogens with one attached hydrogen (secondary N) is 2. The maximum Gasteiger partial charge on any atom is 0.323 e. The lowest BCUT2D eigenvalue weighted by Crippen LogP contribution is -2.40. The molecule has 0 bridgehead atoms. The lowest BCUT2D eigenvalue weighted by Gasteiger charge is -2.26. The third kappa shape index (κ3) is 2.70. The Morgan fingerprint density at radius 2 is 2.13 bits per heavy atom. The summed E-state index contributed by atoms with van der Waals surface area (Å²) in [5, 5.41) is 10.3. The highest BCUT2D eigenvalue weighted by atomic mass is 16.2. The lowest BCUT2D eigenvalue weighted by atomic mass is 10.1. The van der Waals surface area contributed by atoms with Crippen molar-refractivity contribution in [1.82, 2.24) is 10.2 Å². The van der Waals surface area contributed by atoms with Crippen molar-refractivity contribution >= 4 is 11.9 Å². The molecule has 15 heavy (non-hydrogen) atoms. The van der Waals surface area contributed by atoms with E-state index in [9.17, 15) is 4.79 Å². The van der Waals surface area contributed by atoms with Crippen LogP contribution in [0.3, 0.4) is 0 Å². The number of nitrogens with zero attached hydrogens (tertiary/aromatic N) is 1. The molecule has 2 amide bonds. The first-order chi connectivity index (χ1) is 7.07. The largest absolute Gasteiger partial charge is 0.323 e. The normalized spacial score (nSPS) is 21.3. The van der Waals surface area contributed by atoms with Crippen molar-refractivity contribution in [2.45, 2.75) is 58.5 Å². The maximum atomic E-state index is 11.5. The second-order valence-electron chi connectivity index (χ2n) is 4.36. The number of hydrogen-bond acceptors (Lipinski definition) is 2. The van der Waals surface area contributed by atoms with Crippen LogP contribution in [0, 0.1) is 5.41 Å². The minimum Gasteiger partial charge on any atom is -0.312 e. The second-order valence-corrected chi connectivity index (χ2v) is 4.36. The highest BCUT2D eigenvalue weighted by molar-refractivity contribution is 6.05. The molecule has 1 fully saturated rings. The van der Waals surface area contributed by atoms with Gasteiger partial charge in [0, 0.05) is 6.04 Å². The Balaban J connectivity index is 2.58. The summed E-state index contributed by atoms with van der Waals surface area (Å²) in [6.45, 7) is 6.14. The van der Waals surface area contributed by atoms with Crippen molar-refractivity contribution in [2.24, 2.45) is 0 Å². The van der Waals surface area contributed by atoms with Crippen LogP contribution in [0.25, 0.3) is 0 Å². The molecule has 86 valence electrons. The first kappa shape index (κ1) is 12.0. The summed E-state index contributed by atoms with van der Waals surface area (Å²) < 4.78 is 0. The Morgan fingerprint density at radius 3 is 2.67 bits per heavy atom. The number of amides is 2. The average Bonchev–Trinajstić information content (AvgIpc) is 2.42. The summed E-state index contributed by atoms with van der Waals surface area (Å²) >= 11 is 0. The van der Waals surface area contributed by atoms with Crippen molar-refractivity contribution in [3.63, 3.8) is 0 Å². The summed E-state index contributed by atoms with van der Waals surface area (Å²) in [6, 6.07) is 0.0278. The number of hydrogen-bond donors (Lipinski definition) is 2. The van der Waals surface area contributed by atoms with Crippen LogP contribution in [0.2, 0.25) is 0 Å². The molecule has 0 aromatic carbocycles. The van der Waals surface area contributed by atoms with E-state index in [1.54, 1.807) is 4.90 Å². The van der Waals surface area contributed by atoms with E-state index in [-0.39, 0.29) is 18.1 Å². The first-order valence-corrected chi connectivity index (χ1v) is 5.75. The highest BCUT2D eigenvalue weighted by Gasteiger charge is 2.36. The van der Waals surface area contributed by atoms with Crippen LogP contribution < -0.4 is 5.32 Å². The number of urea groups is 1. The zero-order valence-electron chi connectivity index (χ0n) is 9.84. The van der Waals surface area contributed by atoms with Gasteiger partial charge in [0.05, 0.1) is 6.04 Å². The van der Waals surface area contributed by atoms with Crippen molar-refractivity contribution in [3.05, 3.63) is 0 Å². The van der Waals surface area contributed by atoms with Gasteiger partial charge in [-0.3, -0.25) is 10.7 Å². The van der Waals surface area contributed by atoms with Crippen LogP contribution in [0.1, 0.15) is 46.5 Å². The van der Waals surface area contributed by atoms with Crippen LogP contribution in [0.15, 0.2) is 0 Å². The predicted molar refractivity (Wildman–Crippen MR) is 61.2 cm³/mol. The quantitative estimate of drug-likeness (QED) is 0.674. The summed E-state index contributed by atoms with van der Waals surface area (Å²) in [5.74, 6) is 0.366. The van der Waals surface area contributed by atoms with Gasteiger partial charge in [-0.25, -0.2) is 4.79 Å². The summed E-state index contributed by atoms with van der Waals surface area (Å²) in [4.78, 5) is 13.3. The highest BCUT2D eigenvalue weighted by Crippen LogP contribution is 2.18. The van der Waals surface area contributed by atoms with Crippen molar-refractivity contribution in [3.8, 4) is 0 Å². The fourth-order valence-corrected chi connectivity index (χ4v) is 2.01. The van der Waals surface area contributed by atoms with E-state index in [2.05, 4.69) is 12.2 Å². The Morgan fingerprint density at radius 1 is 1.47 bits per heavy atom. The molecule has 4 nitrogen and oxygen atoms in total. The number of carbonyl (C=O) groups is 1. The van der Waals surface area contributed by atoms with Crippen LogP contribution in [-0.2, 0) is 0 Å². The third-order valence-electron chi connectivity index (χ3n) is 2.78. The number of rotatable bonds is 5. The topological polar surface area (TPSA) is 56.2 Å². The first-order valence-electron chi connectivity index (χ1n) is 5.75. The standard InChI is InChI=1S/C11H21N3O/c1-4-5-6-7-9-10(12)13-11(15)14(9)8(2)3/h8-9H,4-7H2,1-3H3,(H2,12,13,15). The summed E-state index contributed by atoms with van der Waals surface area (Å²) in [7, 11) is 0. The van der Waals surface area contributed by atoms with Crippen molar-refractivity contribution < 1.29 is 4.79 Å². The van der Waals surface area contributed by atoms with Gasteiger partial charge in [-0.05, 0) is 20.3 Å². The zero-order chi connectivity index (χ0) is 11.4. The molecular formula is C11H21N3O. The third-order valence-corrected chi connectivity index (χ3v) is 2.78. The average molecular weight is 211 g/mol. The Kier molecular flexibility index (Phi) is 4.12. The fourth-order valence-electron chi connectivity index (χ4n) is 2.01. The molecule has 1 aliphatic rings. The molecule has 0 aliphatic carbocycles. The molecule has 0 spiro atoms. The van der Waals surface area contributed by atoms with Gasteiger partial charge in [0.1, 0.15) is 5.84 Å². The molecule has 1 heterocycles. The molecule has 1 rings (SSSR count). The smallest absolute Gasteiger partial charge is 0.312 e. The van der Waals surface area contributed by atoms with Gasteiger partial charge in [-0.2, -0.15) is 0 Å². The molecule has 0 aromatic heterocycles. The maximum absolute atomic E-state index is 11.5. The van der Waals surface area contributed by atoms with Crippen LogP contribution >= 0.6 is 0 Å². The molecule has 1 saturated heterocycles. The molecule has 2 N–H and O–H groups in total. The van der Waals surface area contributed by atoms with Gasteiger partial charge in [0.25, 0.3) is 0 Å². The van der Waals surface area contributed by atoms with E-state index in [1.165, 1.54) is 12.8 Å². The van der Waals surface area contributed by atoms with E-state index < -0.39 is 0 Å². The SMILES string of the molecule is CCCCCC1C(=N)NC(=O)N1C(C)C. The van der Waals surface area contributed by atoms with Gasteiger partial charge in [0.15, 0.2) is 0 Å². The van der Waals surface area contributed by atoms with Crippen LogP contribution in [-0.4, -0.2) is 28.9 Å². The molecule has 4 heteroatoms. The minimum atomic E-state index is -0.114. The van der Waals surface area contributed by atoms with Gasteiger partial charge < -0.3 is 4.90 Å². The van der Waals surface area contributed by atoms with Crippen molar-refractivity contribution in [2.75, 3.05) is 0 Å². The fraction of sp³-hybridized carbons (Fsp3) is 0.818. The molecule has 0 saturated carbocycles. The van der Waals surface area contributed by atoms with E-state index in [4.69, 9.17) is 5.41 Å². The van der Waals surface area contributed by atoms with Crippen LogP contribution in [0.5, 0.6) is 0 Å². The monoisotopic (exact) mass is 211 g/mol. The Labute approximate surface area is 91.5 Å². The zero-order valence-corrected chi connectivity index (χ0v) is 9.84. The molecule has 0 radical (unpaired) electrons. The minimum absolute atomic E-state index is 0.0240. The Bertz CT molecular complexity index is 250. The molecule has 1 aliphatic heterocycles. The molecular weight excluding hydrogens is 190 g/mol. The van der Waals surface area contributed by atoms with Gasteiger partial charge in [0.2, 0.25) is 0 Å². The summed E-state index contributed by atoms with van der Waals surface area (Å²) in [6.07, 6.45) is 4.33. The van der Waals surface area contributed by atoms with E-state index in [0.29, 0.717) is 5.84 Å². The molecule has 0 aromatic rings. The van der Waals surface area contributed by atoms with Crippen LogP contribution in [0.4, 0.5) is 4.79 Å². The second kappa shape index (κ2) is 5.14. The lowest BCUT2D eigenvalue weighted by molar-refractivity contribution is 0.186. The molecule has 1 atom stereocenters. The summed E-state index contributed by atoms with van der Waals surface area (Å²) in [5.41, 5.74) is 0. The van der Waals surface area contributed by atoms with Crippen molar-refractivity contribution in [1.29, 1.82) is 5.41 Å². The predicted octanol–water partition coefficient (Wildman–Crippen LogP) is 2.35. The number of unbranched alkanes of at least 4 members (excludes halogenated alkanes) is 2. The number of carbonyl (C=O) groups excluding carboxylic acids is 1. The van der Waals surface area contributed by atoms with E-state index in [1.807, 2.05) is 13.8 Å². The van der Waals surface area contributed by atoms with Gasteiger partial charge in [-0.1, -0.05) is 26.2 Å². The number of amidine groups is 1.